The topological polar surface area (TPSA) is 74.7 Å². The molecule has 2 heterocycles. The molecule has 1 aromatic heterocycles. The molecule has 7 heteroatoms. The molecule has 1 saturated carbocycles. The quantitative estimate of drug-likeness (QED) is 0.613. The van der Waals surface area contributed by atoms with E-state index < -0.39 is 11.3 Å². The third-order valence-electron chi connectivity index (χ3n) is 7.22. The van der Waals surface area contributed by atoms with Gasteiger partial charge in [0, 0.05) is 58.2 Å². The van der Waals surface area contributed by atoms with E-state index in [4.69, 9.17) is 0 Å². The van der Waals surface area contributed by atoms with Crippen LogP contribution in [0.25, 0.3) is 6.08 Å². The Labute approximate surface area is 213 Å². The van der Waals surface area contributed by atoms with Gasteiger partial charge < -0.3 is 14.8 Å². The van der Waals surface area contributed by atoms with Crippen molar-refractivity contribution in [1.29, 1.82) is 0 Å². The summed E-state index contributed by atoms with van der Waals surface area (Å²) < 4.78 is 1.90. The van der Waals surface area contributed by atoms with Gasteiger partial charge >= 0.3 is 0 Å². The number of carbonyl (C=O) groups excluding carboxylic acids is 2. The fraction of sp³-hybridized carbons (Fsp3) is 0.483. The van der Waals surface area contributed by atoms with Gasteiger partial charge in [-0.1, -0.05) is 61.7 Å². The molecule has 0 spiro atoms. The van der Waals surface area contributed by atoms with Crippen molar-refractivity contribution < 1.29 is 9.59 Å². The third-order valence-corrected chi connectivity index (χ3v) is 7.22. The molecule has 36 heavy (non-hydrogen) atoms. The standard InChI is InChI=1S/C29H38N4O3/c1-2-30-28(35)25-21-32(20-24-12-7-4-8-13-24)22-26(27(25)34)29(36)33-18-16-31(17-19-33)15-9-14-23-10-5-3-6-11-23/h3,5-6,9-11,14,21-22,24H,2,4,7-8,12-13,15-20H2,1H3,(H,30,35). The van der Waals surface area contributed by atoms with E-state index in [0.29, 0.717) is 25.6 Å². The van der Waals surface area contributed by atoms with Crippen LogP contribution in [0.3, 0.4) is 0 Å². The van der Waals surface area contributed by atoms with Crippen LogP contribution in [0.1, 0.15) is 65.3 Å². The number of nitrogens with zero attached hydrogens (tertiary/aromatic N) is 3. The molecule has 1 N–H and O–H groups in total. The number of aromatic nitrogens is 1. The minimum absolute atomic E-state index is 0.0585. The molecule has 2 amide bonds. The first-order valence-electron chi connectivity index (χ1n) is 13.3. The molecule has 2 fully saturated rings. The SMILES string of the molecule is CCNC(=O)c1cn(CC2CCCCC2)cc(C(=O)N2CCN(CC=Cc3ccccc3)CC2)c1=O. The Balaban J connectivity index is 1.44. The number of pyridine rings is 1. The maximum Gasteiger partial charge on any atom is 0.259 e. The summed E-state index contributed by atoms with van der Waals surface area (Å²) >= 11 is 0. The van der Waals surface area contributed by atoms with Gasteiger partial charge in [-0.05, 0) is 31.2 Å². The fourth-order valence-corrected chi connectivity index (χ4v) is 5.18. The molecule has 0 unspecified atom stereocenters. The predicted molar refractivity (Wildman–Crippen MR) is 143 cm³/mol. The molecule has 0 atom stereocenters. The molecule has 2 aliphatic rings. The molecule has 192 valence electrons. The van der Waals surface area contributed by atoms with Crippen LogP contribution in [0, 0.1) is 5.92 Å². The normalized spacial score (nSPS) is 17.4. The predicted octanol–water partition coefficient (Wildman–Crippen LogP) is 3.65. The number of hydrogen-bond donors (Lipinski definition) is 1. The number of benzene rings is 1. The zero-order valence-electron chi connectivity index (χ0n) is 21.3. The van der Waals surface area contributed by atoms with Crippen molar-refractivity contribution in [3.8, 4) is 0 Å². The lowest BCUT2D eigenvalue weighted by Gasteiger charge is -2.34. The van der Waals surface area contributed by atoms with Crippen molar-refractivity contribution in [1.82, 2.24) is 19.7 Å². The summed E-state index contributed by atoms with van der Waals surface area (Å²) in [5.41, 5.74) is 0.858. The Morgan fingerprint density at radius 3 is 2.36 bits per heavy atom. The van der Waals surface area contributed by atoms with Crippen LogP contribution < -0.4 is 10.7 Å². The monoisotopic (exact) mass is 490 g/mol. The van der Waals surface area contributed by atoms with Crippen LogP contribution in [0.4, 0.5) is 0 Å². The summed E-state index contributed by atoms with van der Waals surface area (Å²) in [4.78, 5) is 43.4. The van der Waals surface area contributed by atoms with Gasteiger partial charge in [0.25, 0.3) is 11.8 Å². The Morgan fingerprint density at radius 2 is 1.67 bits per heavy atom. The Bertz CT molecular complexity index is 1110. The second-order valence-electron chi connectivity index (χ2n) is 9.88. The summed E-state index contributed by atoms with van der Waals surface area (Å²) in [7, 11) is 0. The van der Waals surface area contributed by atoms with Crippen LogP contribution in [0.2, 0.25) is 0 Å². The second-order valence-corrected chi connectivity index (χ2v) is 9.88. The number of nitrogens with one attached hydrogen (secondary N) is 1. The maximum atomic E-state index is 13.5. The second kappa shape index (κ2) is 12.7. The summed E-state index contributed by atoms with van der Waals surface area (Å²) in [5.74, 6) is -0.175. The Morgan fingerprint density at radius 1 is 0.972 bits per heavy atom. The van der Waals surface area contributed by atoms with Crippen molar-refractivity contribution in [2.75, 3.05) is 39.3 Å². The van der Waals surface area contributed by atoms with Crippen molar-refractivity contribution in [3.05, 3.63) is 75.7 Å². The van der Waals surface area contributed by atoms with Crippen molar-refractivity contribution in [2.24, 2.45) is 5.92 Å². The zero-order chi connectivity index (χ0) is 25.3. The van der Waals surface area contributed by atoms with E-state index in [-0.39, 0.29) is 17.0 Å². The molecule has 0 radical (unpaired) electrons. The van der Waals surface area contributed by atoms with Crippen LogP contribution in [0.5, 0.6) is 0 Å². The van der Waals surface area contributed by atoms with E-state index in [2.05, 4.69) is 34.5 Å². The van der Waals surface area contributed by atoms with E-state index >= 15 is 0 Å². The molecule has 1 aromatic carbocycles. The lowest BCUT2D eigenvalue weighted by Crippen LogP contribution is -2.49. The van der Waals surface area contributed by atoms with Crippen molar-refractivity contribution >= 4 is 17.9 Å². The van der Waals surface area contributed by atoms with Crippen molar-refractivity contribution in [2.45, 2.75) is 45.6 Å². The highest BCUT2D eigenvalue weighted by Gasteiger charge is 2.26. The molecule has 7 nitrogen and oxygen atoms in total. The molecular formula is C29H38N4O3. The van der Waals surface area contributed by atoms with E-state index in [1.807, 2.05) is 29.7 Å². The minimum atomic E-state index is -0.473. The first-order chi connectivity index (χ1) is 17.5. The van der Waals surface area contributed by atoms with Gasteiger partial charge in [-0.15, -0.1) is 0 Å². The van der Waals surface area contributed by atoms with Gasteiger partial charge in [0.15, 0.2) is 0 Å². The summed E-state index contributed by atoms with van der Waals surface area (Å²) in [6.45, 7) is 6.42. The van der Waals surface area contributed by atoms with Gasteiger partial charge in [-0.25, -0.2) is 0 Å². The molecule has 1 aliphatic carbocycles. The minimum Gasteiger partial charge on any atom is -0.352 e. The molecular weight excluding hydrogens is 452 g/mol. The lowest BCUT2D eigenvalue weighted by atomic mass is 9.89. The van der Waals surface area contributed by atoms with Gasteiger partial charge in [-0.2, -0.15) is 0 Å². The zero-order valence-corrected chi connectivity index (χ0v) is 21.3. The van der Waals surface area contributed by atoms with E-state index in [1.165, 1.54) is 24.8 Å². The number of piperazine rings is 1. The molecule has 0 bridgehead atoms. The third kappa shape index (κ3) is 6.72. The van der Waals surface area contributed by atoms with Crippen LogP contribution >= 0.6 is 0 Å². The number of hydrogen-bond acceptors (Lipinski definition) is 4. The van der Waals surface area contributed by atoms with Crippen LogP contribution in [0.15, 0.2) is 53.6 Å². The highest BCUT2D eigenvalue weighted by Crippen LogP contribution is 2.25. The smallest absolute Gasteiger partial charge is 0.259 e. The van der Waals surface area contributed by atoms with E-state index in [1.54, 1.807) is 17.3 Å². The summed E-state index contributed by atoms with van der Waals surface area (Å²) in [5, 5.41) is 2.73. The van der Waals surface area contributed by atoms with Crippen LogP contribution in [-0.2, 0) is 6.54 Å². The lowest BCUT2D eigenvalue weighted by molar-refractivity contribution is 0.0648. The number of amides is 2. The van der Waals surface area contributed by atoms with Gasteiger partial charge in [0.1, 0.15) is 11.1 Å². The van der Waals surface area contributed by atoms with Gasteiger partial charge in [0.2, 0.25) is 5.43 Å². The maximum absolute atomic E-state index is 13.5. The van der Waals surface area contributed by atoms with Gasteiger partial charge in [-0.3, -0.25) is 19.3 Å². The molecule has 2 aromatic rings. The molecule has 4 rings (SSSR count). The fourth-order valence-electron chi connectivity index (χ4n) is 5.18. The summed E-state index contributed by atoms with van der Waals surface area (Å²) in [6, 6.07) is 10.2. The highest BCUT2D eigenvalue weighted by atomic mass is 16.2. The van der Waals surface area contributed by atoms with E-state index in [0.717, 1.165) is 39.0 Å². The average molecular weight is 491 g/mol. The first kappa shape index (κ1) is 25.9. The number of carbonyl (C=O) groups is 2. The largest absolute Gasteiger partial charge is 0.352 e. The summed E-state index contributed by atoms with van der Waals surface area (Å²) in [6.07, 6.45) is 13.6. The number of rotatable bonds is 8. The van der Waals surface area contributed by atoms with E-state index in [9.17, 15) is 14.4 Å². The Hall–Kier alpha value is -3.19. The first-order valence-corrected chi connectivity index (χ1v) is 13.3. The van der Waals surface area contributed by atoms with Gasteiger partial charge in [0.05, 0.1) is 0 Å². The van der Waals surface area contributed by atoms with Crippen LogP contribution in [-0.4, -0.2) is 65.4 Å². The highest BCUT2D eigenvalue weighted by molar-refractivity contribution is 5.99. The van der Waals surface area contributed by atoms with Crippen molar-refractivity contribution in [3.63, 3.8) is 0 Å². The molecule has 1 aliphatic heterocycles. The Kier molecular flexibility index (Phi) is 9.11. The average Bonchev–Trinajstić information content (AvgIpc) is 2.91. The molecule has 1 saturated heterocycles.